The molecule has 0 saturated carbocycles. The maximum absolute atomic E-state index is 13.4. The summed E-state index contributed by atoms with van der Waals surface area (Å²) in [5, 5.41) is 5.63. The van der Waals surface area contributed by atoms with Crippen molar-refractivity contribution in [3.63, 3.8) is 0 Å². The number of carbonyl (C=O) groups is 1. The van der Waals surface area contributed by atoms with E-state index in [4.69, 9.17) is 19.8 Å². The molecule has 192 valence electrons. The van der Waals surface area contributed by atoms with Gasteiger partial charge in [0.15, 0.2) is 5.65 Å². The molecule has 2 aromatic carbocycles. The van der Waals surface area contributed by atoms with Gasteiger partial charge in [0.25, 0.3) is 5.91 Å². The minimum atomic E-state index is 0.00119. The lowest BCUT2D eigenvalue weighted by molar-refractivity contribution is 0.0763. The van der Waals surface area contributed by atoms with Gasteiger partial charge in [0, 0.05) is 32.1 Å². The lowest BCUT2D eigenvalue weighted by Gasteiger charge is -2.24. The highest BCUT2D eigenvalue weighted by molar-refractivity contribution is 5.97. The number of benzene rings is 2. The van der Waals surface area contributed by atoms with Gasteiger partial charge in [-0.15, -0.1) is 0 Å². The molecule has 8 heteroatoms. The first-order valence-corrected chi connectivity index (χ1v) is 13.1. The van der Waals surface area contributed by atoms with Gasteiger partial charge in [-0.3, -0.25) is 4.79 Å². The first-order valence-electron chi connectivity index (χ1n) is 13.1. The molecule has 1 amide bonds. The summed E-state index contributed by atoms with van der Waals surface area (Å²) >= 11 is 0. The van der Waals surface area contributed by atoms with Crippen molar-refractivity contribution >= 4 is 22.8 Å². The molecule has 1 atom stereocenters. The van der Waals surface area contributed by atoms with E-state index >= 15 is 0 Å². The van der Waals surface area contributed by atoms with Gasteiger partial charge in [-0.1, -0.05) is 50.6 Å². The second-order valence-electron chi connectivity index (χ2n) is 9.56. The predicted molar refractivity (Wildman–Crippen MR) is 146 cm³/mol. The summed E-state index contributed by atoms with van der Waals surface area (Å²) in [6, 6.07) is 17.5. The topological polar surface area (TPSA) is 76.4 Å². The number of para-hydroxylation sites is 2. The van der Waals surface area contributed by atoms with E-state index in [0.717, 1.165) is 54.2 Å². The molecule has 0 radical (unpaired) electrons. The van der Waals surface area contributed by atoms with Crippen LogP contribution in [-0.2, 0) is 0 Å². The molecule has 1 aliphatic heterocycles. The number of methoxy groups -OCH3 is 1. The predicted octanol–water partition coefficient (Wildman–Crippen LogP) is 5.08. The van der Waals surface area contributed by atoms with Crippen molar-refractivity contribution in [3.8, 4) is 11.4 Å². The van der Waals surface area contributed by atoms with Crippen LogP contribution in [0.15, 0.2) is 60.8 Å². The molecule has 0 spiro atoms. The van der Waals surface area contributed by atoms with Gasteiger partial charge in [-0.05, 0) is 37.1 Å². The highest BCUT2D eigenvalue weighted by Crippen LogP contribution is 2.30. The summed E-state index contributed by atoms with van der Waals surface area (Å²) in [7, 11) is 1.60. The van der Waals surface area contributed by atoms with E-state index < -0.39 is 0 Å². The van der Waals surface area contributed by atoms with Gasteiger partial charge in [0.2, 0.25) is 0 Å². The Balaban J connectivity index is 1.48. The van der Waals surface area contributed by atoms with Crippen molar-refractivity contribution in [2.24, 2.45) is 0 Å². The summed E-state index contributed by atoms with van der Waals surface area (Å²) in [5.74, 6) is 2.59. The standard InChI is InChI=1S/C29H34N6O2/c1-4-11-21(2)26-31-27(24-20-30-35(28(24)32-26)22-12-6-5-7-13-22)33-16-10-17-34(19-18-33)29(36)23-14-8-9-15-25(23)37-3/h5-9,12-15,20-21H,4,10-11,16-19H2,1-3H3/t21-/m1/s1. The van der Waals surface area contributed by atoms with Crippen LogP contribution in [0.25, 0.3) is 16.7 Å². The Kier molecular flexibility index (Phi) is 7.35. The zero-order valence-corrected chi connectivity index (χ0v) is 21.8. The third kappa shape index (κ3) is 5.01. The molecule has 0 bridgehead atoms. The number of nitrogens with zero attached hydrogens (tertiary/aromatic N) is 6. The first kappa shape index (κ1) is 24.7. The number of hydrogen-bond donors (Lipinski definition) is 0. The van der Waals surface area contributed by atoms with Crippen molar-refractivity contribution in [2.75, 3.05) is 38.2 Å². The fourth-order valence-electron chi connectivity index (χ4n) is 5.02. The lowest BCUT2D eigenvalue weighted by atomic mass is 10.1. The van der Waals surface area contributed by atoms with Gasteiger partial charge >= 0.3 is 0 Å². The molecule has 0 aliphatic carbocycles. The number of anilines is 1. The molecule has 37 heavy (non-hydrogen) atoms. The summed E-state index contributed by atoms with van der Waals surface area (Å²) in [6.07, 6.45) is 4.80. The van der Waals surface area contributed by atoms with E-state index in [1.165, 1.54) is 0 Å². The van der Waals surface area contributed by atoms with Gasteiger partial charge in [-0.2, -0.15) is 5.10 Å². The van der Waals surface area contributed by atoms with Crippen LogP contribution in [0.5, 0.6) is 5.75 Å². The number of amides is 1. The summed E-state index contributed by atoms with van der Waals surface area (Å²) in [5.41, 5.74) is 2.39. The zero-order chi connectivity index (χ0) is 25.8. The Morgan fingerprint density at radius 1 is 1.00 bits per heavy atom. The molecule has 2 aromatic heterocycles. The number of carbonyl (C=O) groups excluding carboxylic acids is 1. The molecule has 0 N–H and O–H groups in total. The molecular formula is C29H34N6O2. The minimum Gasteiger partial charge on any atom is -0.496 e. The fraction of sp³-hybridized carbons (Fsp3) is 0.379. The van der Waals surface area contributed by atoms with Crippen molar-refractivity contribution < 1.29 is 9.53 Å². The molecule has 1 fully saturated rings. The quantitative estimate of drug-likeness (QED) is 0.354. The Morgan fingerprint density at radius 3 is 2.57 bits per heavy atom. The van der Waals surface area contributed by atoms with E-state index in [2.05, 4.69) is 18.7 Å². The molecule has 0 unspecified atom stereocenters. The van der Waals surface area contributed by atoms with Crippen LogP contribution < -0.4 is 9.64 Å². The van der Waals surface area contributed by atoms with Crippen LogP contribution in [0.3, 0.4) is 0 Å². The highest BCUT2D eigenvalue weighted by Gasteiger charge is 2.26. The van der Waals surface area contributed by atoms with E-state index in [-0.39, 0.29) is 11.8 Å². The van der Waals surface area contributed by atoms with E-state index in [9.17, 15) is 4.79 Å². The molecule has 4 aromatic rings. The van der Waals surface area contributed by atoms with E-state index in [0.29, 0.717) is 30.9 Å². The lowest BCUT2D eigenvalue weighted by Crippen LogP contribution is -2.35. The number of fused-ring (bicyclic) bond motifs is 1. The maximum atomic E-state index is 13.4. The van der Waals surface area contributed by atoms with Crippen molar-refractivity contribution in [3.05, 3.63) is 72.2 Å². The smallest absolute Gasteiger partial charge is 0.257 e. The van der Waals surface area contributed by atoms with Gasteiger partial charge in [0.1, 0.15) is 17.4 Å². The second kappa shape index (κ2) is 11.0. The Morgan fingerprint density at radius 2 is 1.78 bits per heavy atom. The number of ether oxygens (including phenoxy) is 1. The second-order valence-corrected chi connectivity index (χ2v) is 9.56. The highest BCUT2D eigenvalue weighted by atomic mass is 16.5. The van der Waals surface area contributed by atoms with Crippen molar-refractivity contribution in [2.45, 2.75) is 39.0 Å². The van der Waals surface area contributed by atoms with Gasteiger partial charge in [0.05, 0.1) is 29.9 Å². The van der Waals surface area contributed by atoms with Crippen LogP contribution >= 0.6 is 0 Å². The molecule has 3 heterocycles. The number of hydrogen-bond acceptors (Lipinski definition) is 6. The molecule has 5 rings (SSSR count). The fourth-order valence-corrected chi connectivity index (χ4v) is 5.02. The van der Waals surface area contributed by atoms with Crippen LogP contribution in [-0.4, -0.2) is 63.8 Å². The maximum Gasteiger partial charge on any atom is 0.257 e. The summed E-state index contributed by atoms with van der Waals surface area (Å²) in [6.45, 7) is 7.16. The monoisotopic (exact) mass is 498 g/mol. The average Bonchev–Trinajstić information content (AvgIpc) is 3.22. The number of aromatic nitrogens is 4. The Hall–Kier alpha value is -3.94. The van der Waals surface area contributed by atoms with E-state index in [1.807, 2.05) is 70.4 Å². The normalized spacial score (nSPS) is 15.0. The van der Waals surface area contributed by atoms with Crippen LogP contribution in [0.2, 0.25) is 0 Å². The number of rotatable bonds is 7. The Bertz CT molecular complexity index is 1370. The summed E-state index contributed by atoms with van der Waals surface area (Å²) in [4.78, 5) is 27.6. The van der Waals surface area contributed by atoms with Crippen molar-refractivity contribution in [1.82, 2.24) is 24.6 Å². The molecular weight excluding hydrogens is 464 g/mol. The van der Waals surface area contributed by atoms with Crippen LogP contribution in [0.4, 0.5) is 5.82 Å². The molecule has 1 saturated heterocycles. The Labute approximate surface area is 217 Å². The average molecular weight is 499 g/mol. The van der Waals surface area contributed by atoms with Gasteiger partial charge < -0.3 is 14.5 Å². The van der Waals surface area contributed by atoms with Crippen LogP contribution in [0.1, 0.15) is 55.2 Å². The molecule has 1 aliphatic rings. The zero-order valence-electron chi connectivity index (χ0n) is 21.8. The first-order chi connectivity index (χ1) is 18.1. The van der Waals surface area contributed by atoms with Gasteiger partial charge in [-0.25, -0.2) is 14.6 Å². The minimum absolute atomic E-state index is 0.00119. The molecule has 8 nitrogen and oxygen atoms in total. The largest absolute Gasteiger partial charge is 0.496 e. The summed E-state index contributed by atoms with van der Waals surface area (Å²) < 4.78 is 7.34. The third-order valence-corrected chi connectivity index (χ3v) is 7.01. The van der Waals surface area contributed by atoms with Crippen LogP contribution in [0, 0.1) is 0 Å². The third-order valence-electron chi connectivity index (χ3n) is 7.01. The van der Waals surface area contributed by atoms with E-state index in [1.54, 1.807) is 7.11 Å². The SMILES string of the molecule is CCC[C@@H](C)c1nc(N2CCCN(C(=O)c3ccccc3OC)CC2)c2cnn(-c3ccccc3)c2n1. The van der Waals surface area contributed by atoms with Crippen molar-refractivity contribution in [1.29, 1.82) is 0 Å².